The van der Waals surface area contributed by atoms with E-state index in [0.29, 0.717) is 0 Å². The van der Waals surface area contributed by atoms with Crippen LogP contribution >= 0.6 is 0 Å². The standard InChI is InChI=1S/C21H30O/c1-3-6-15-13-14-7-4-5-8-16(14)17-11-12-21(2)18(20(15)17)9-10-19(21)22/h4-5,7-8,15,17-20,22H,3,6,9-13H2,1-2H3. The van der Waals surface area contributed by atoms with Crippen LogP contribution in [-0.2, 0) is 6.42 Å². The molecule has 22 heavy (non-hydrogen) atoms. The number of hydrogen-bond donors (Lipinski definition) is 1. The van der Waals surface area contributed by atoms with Gasteiger partial charge in [-0.05, 0) is 72.3 Å². The van der Waals surface area contributed by atoms with Gasteiger partial charge in [-0.1, -0.05) is 51.0 Å². The minimum absolute atomic E-state index is 0.0575. The quantitative estimate of drug-likeness (QED) is 0.821. The van der Waals surface area contributed by atoms with Gasteiger partial charge in [0.2, 0.25) is 0 Å². The highest BCUT2D eigenvalue weighted by Gasteiger charge is 2.56. The highest BCUT2D eigenvalue weighted by molar-refractivity contribution is 5.35. The molecule has 1 nitrogen and oxygen atoms in total. The Balaban J connectivity index is 1.75. The smallest absolute Gasteiger partial charge is 0.0596 e. The molecule has 0 radical (unpaired) electrons. The van der Waals surface area contributed by atoms with E-state index in [4.69, 9.17) is 0 Å². The molecule has 4 rings (SSSR count). The molecule has 0 aromatic heterocycles. The highest BCUT2D eigenvalue weighted by Crippen LogP contribution is 2.62. The summed E-state index contributed by atoms with van der Waals surface area (Å²) in [5.74, 6) is 3.14. The summed E-state index contributed by atoms with van der Waals surface area (Å²) in [6.45, 7) is 4.72. The van der Waals surface area contributed by atoms with E-state index in [1.165, 1.54) is 38.5 Å². The summed E-state index contributed by atoms with van der Waals surface area (Å²) in [5, 5.41) is 10.6. The van der Waals surface area contributed by atoms with Gasteiger partial charge in [0, 0.05) is 0 Å². The molecular formula is C21H30O. The Bertz CT molecular complexity index is 551. The van der Waals surface area contributed by atoms with Gasteiger partial charge in [-0.15, -0.1) is 0 Å². The molecule has 3 aliphatic carbocycles. The maximum absolute atomic E-state index is 10.6. The van der Waals surface area contributed by atoms with Crippen LogP contribution in [0.5, 0.6) is 0 Å². The molecule has 1 heteroatoms. The van der Waals surface area contributed by atoms with Gasteiger partial charge in [-0.3, -0.25) is 0 Å². The number of rotatable bonds is 2. The Morgan fingerprint density at radius 3 is 2.82 bits per heavy atom. The molecule has 0 heterocycles. The Morgan fingerprint density at radius 1 is 1.18 bits per heavy atom. The van der Waals surface area contributed by atoms with Crippen molar-refractivity contribution in [1.82, 2.24) is 0 Å². The van der Waals surface area contributed by atoms with E-state index < -0.39 is 0 Å². The van der Waals surface area contributed by atoms with Crippen LogP contribution in [0.4, 0.5) is 0 Å². The third-order valence-electron chi connectivity index (χ3n) is 7.42. The SMILES string of the molecule is CCCC1Cc2ccccc2C2CCC3(C)C(O)CCC3C12. The fraction of sp³-hybridized carbons (Fsp3) is 0.714. The highest BCUT2D eigenvalue weighted by atomic mass is 16.3. The van der Waals surface area contributed by atoms with Crippen molar-refractivity contribution in [3.63, 3.8) is 0 Å². The van der Waals surface area contributed by atoms with Gasteiger partial charge >= 0.3 is 0 Å². The summed E-state index contributed by atoms with van der Waals surface area (Å²) in [6.07, 6.45) is 8.65. The maximum atomic E-state index is 10.6. The summed E-state index contributed by atoms with van der Waals surface area (Å²) in [4.78, 5) is 0. The summed E-state index contributed by atoms with van der Waals surface area (Å²) < 4.78 is 0. The molecule has 6 unspecified atom stereocenters. The van der Waals surface area contributed by atoms with Crippen LogP contribution in [-0.4, -0.2) is 11.2 Å². The summed E-state index contributed by atoms with van der Waals surface area (Å²) >= 11 is 0. The van der Waals surface area contributed by atoms with Crippen LogP contribution in [0.2, 0.25) is 0 Å². The minimum Gasteiger partial charge on any atom is -0.393 e. The first-order valence-corrected chi connectivity index (χ1v) is 9.41. The Kier molecular flexibility index (Phi) is 3.60. The van der Waals surface area contributed by atoms with E-state index >= 15 is 0 Å². The monoisotopic (exact) mass is 298 g/mol. The zero-order valence-corrected chi connectivity index (χ0v) is 14.1. The van der Waals surface area contributed by atoms with Crippen molar-refractivity contribution in [3.8, 4) is 0 Å². The van der Waals surface area contributed by atoms with Gasteiger partial charge in [-0.2, -0.15) is 0 Å². The number of fused-ring (bicyclic) bond motifs is 5. The van der Waals surface area contributed by atoms with Crippen molar-refractivity contribution in [2.24, 2.45) is 23.2 Å². The van der Waals surface area contributed by atoms with Crippen molar-refractivity contribution in [3.05, 3.63) is 35.4 Å². The van der Waals surface area contributed by atoms with Crippen LogP contribution in [0, 0.1) is 23.2 Å². The van der Waals surface area contributed by atoms with Gasteiger partial charge in [0.15, 0.2) is 0 Å². The van der Waals surface area contributed by atoms with Crippen molar-refractivity contribution in [2.75, 3.05) is 0 Å². The van der Waals surface area contributed by atoms with Gasteiger partial charge in [0.1, 0.15) is 0 Å². The predicted molar refractivity (Wildman–Crippen MR) is 90.8 cm³/mol. The zero-order chi connectivity index (χ0) is 15.3. The van der Waals surface area contributed by atoms with E-state index in [2.05, 4.69) is 38.1 Å². The molecule has 0 saturated heterocycles. The molecule has 1 aromatic rings. The number of aliphatic hydroxyl groups excluding tert-OH is 1. The fourth-order valence-corrected chi connectivity index (χ4v) is 6.35. The molecule has 0 amide bonds. The minimum atomic E-state index is -0.0575. The van der Waals surface area contributed by atoms with Gasteiger partial charge in [0.25, 0.3) is 0 Å². The lowest BCUT2D eigenvalue weighted by molar-refractivity contribution is -0.0393. The molecule has 0 bridgehead atoms. The summed E-state index contributed by atoms with van der Waals surface area (Å²) in [6, 6.07) is 9.20. The lowest BCUT2D eigenvalue weighted by Crippen LogP contribution is -2.47. The number of aliphatic hydroxyl groups is 1. The van der Waals surface area contributed by atoms with E-state index in [1.807, 2.05) is 0 Å². The Hall–Kier alpha value is -0.820. The molecule has 3 aliphatic rings. The molecule has 2 saturated carbocycles. The topological polar surface area (TPSA) is 20.2 Å². The summed E-state index contributed by atoms with van der Waals surface area (Å²) in [7, 11) is 0. The third-order valence-corrected chi connectivity index (χ3v) is 7.42. The van der Waals surface area contributed by atoms with Crippen molar-refractivity contribution < 1.29 is 5.11 Å². The molecule has 1 aromatic carbocycles. The van der Waals surface area contributed by atoms with Gasteiger partial charge in [-0.25, -0.2) is 0 Å². The molecule has 1 N–H and O–H groups in total. The molecule has 6 atom stereocenters. The zero-order valence-electron chi connectivity index (χ0n) is 14.1. The van der Waals surface area contributed by atoms with E-state index in [-0.39, 0.29) is 11.5 Å². The normalized spacial score (nSPS) is 43.3. The van der Waals surface area contributed by atoms with Crippen LogP contribution in [0.3, 0.4) is 0 Å². The molecule has 0 spiro atoms. The first-order chi connectivity index (χ1) is 10.6. The Labute approximate surface area is 135 Å². The predicted octanol–water partition coefficient (Wildman–Crippen LogP) is 4.93. The third kappa shape index (κ3) is 2.01. The molecule has 0 aliphatic heterocycles. The first kappa shape index (κ1) is 14.8. The fourth-order valence-electron chi connectivity index (χ4n) is 6.35. The van der Waals surface area contributed by atoms with Gasteiger partial charge < -0.3 is 5.11 Å². The van der Waals surface area contributed by atoms with Crippen LogP contribution in [0.1, 0.15) is 69.4 Å². The van der Waals surface area contributed by atoms with Crippen LogP contribution in [0.25, 0.3) is 0 Å². The summed E-state index contributed by atoms with van der Waals surface area (Å²) in [5.41, 5.74) is 3.45. The van der Waals surface area contributed by atoms with Crippen LogP contribution < -0.4 is 0 Å². The molecule has 2 fully saturated rings. The average molecular weight is 298 g/mol. The van der Waals surface area contributed by atoms with E-state index in [1.54, 1.807) is 11.1 Å². The van der Waals surface area contributed by atoms with E-state index in [9.17, 15) is 5.11 Å². The second-order valence-corrected chi connectivity index (χ2v) is 8.38. The van der Waals surface area contributed by atoms with E-state index in [0.717, 1.165) is 30.1 Å². The lowest BCUT2D eigenvalue weighted by atomic mass is 9.52. The van der Waals surface area contributed by atoms with Crippen molar-refractivity contribution in [1.29, 1.82) is 0 Å². The number of hydrogen-bond acceptors (Lipinski definition) is 1. The first-order valence-electron chi connectivity index (χ1n) is 9.41. The second kappa shape index (κ2) is 5.37. The van der Waals surface area contributed by atoms with Crippen molar-refractivity contribution in [2.45, 2.75) is 70.8 Å². The largest absolute Gasteiger partial charge is 0.393 e. The maximum Gasteiger partial charge on any atom is 0.0596 e. The number of benzene rings is 1. The Morgan fingerprint density at radius 2 is 2.00 bits per heavy atom. The lowest BCUT2D eigenvalue weighted by Gasteiger charge is -2.53. The molecular weight excluding hydrogens is 268 g/mol. The average Bonchev–Trinajstić information content (AvgIpc) is 2.83. The molecule has 120 valence electrons. The second-order valence-electron chi connectivity index (χ2n) is 8.38. The van der Waals surface area contributed by atoms with Gasteiger partial charge in [0.05, 0.1) is 6.10 Å². The van der Waals surface area contributed by atoms with Crippen molar-refractivity contribution >= 4 is 0 Å². The van der Waals surface area contributed by atoms with Crippen LogP contribution in [0.15, 0.2) is 24.3 Å².